The first-order chi connectivity index (χ1) is 14.5. The van der Waals surface area contributed by atoms with Crippen molar-refractivity contribution >= 4 is 15.9 Å². The highest BCUT2D eigenvalue weighted by atomic mass is 32.2. The summed E-state index contributed by atoms with van der Waals surface area (Å²) in [6.45, 7) is 2.98. The van der Waals surface area contributed by atoms with E-state index in [4.69, 9.17) is 4.74 Å². The SMILES string of the molecule is COc1cccc(CN2CCCN(S(=O)(=O)c3ccccc3)CCC(=O)NCC2)n1. The van der Waals surface area contributed by atoms with E-state index in [0.29, 0.717) is 45.0 Å². The van der Waals surface area contributed by atoms with E-state index in [1.54, 1.807) is 43.5 Å². The van der Waals surface area contributed by atoms with Gasteiger partial charge in [0.15, 0.2) is 0 Å². The molecule has 1 aromatic carbocycles. The molecule has 0 unspecified atom stereocenters. The smallest absolute Gasteiger partial charge is 0.243 e. The number of hydrogen-bond donors (Lipinski definition) is 1. The quantitative estimate of drug-likeness (QED) is 0.770. The molecule has 1 N–H and O–H groups in total. The zero-order valence-electron chi connectivity index (χ0n) is 17.2. The molecular formula is C21H28N4O4S. The van der Waals surface area contributed by atoms with Gasteiger partial charge in [-0.3, -0.25) is 9.69 Å². The molecule has 8 nitrogen and oxygen atoms in total. The van der Waals surface area contributed by atoms with Gasteiger partial charge >= 0.3 is 0 Å². The molecular weight excluding hydrogens is 404 g/mol. The molecule has 2 heterocycles. The summed E-state index contributed by atoms with van der Waals surface area (Å²) in [6, 6.07) is 14.0. The van der Waals surface area contributed by atoms with Gasteiger partial charge in [-0.05, 0) is 31.2 Å². The summed E-state index contributed by atoms with van der Waals surface area (Å²) in [7, 11) is -2.06. The summed E-state index contributed by atoms with van der Waals surface area (Å²) >= 11 is 0. The number of nitrogens with zero attached hydrogens (tertiary/aromatic N) is 3. The first-order valence-corrected chi connectivity index (χ1v) is 11.5. The number of benzene rings is 1. The van der Waals surface area contributed by atoms with E-state index < -0.39 is 10.0 Å². The Morgan fingerprint density at radius 2 is 1.83 bits per heavy atom. The van der Waals surface area contributed by atoms with Gasteiger partial charge in [0.1, 0.15) is 0 Å². The molecule has 9 heteroatoms. The monoisotopic (exact) mass is 432 g/mol. The van der Waals surface area contributed by atoms with Crippen molar-refractivity contribution < 1.29 is 17.9 Å². The molecule has 1 fully saturated rings. The van der Waals surface area contributed by atoms with Crippen LogP contribution < -0.4 is 10.1 Å². The van der Waals surface area contributed by atoms with Crippen LogP contribution >= 0.6 is 0 Å². The summed E-state index contributed by atoms with van der Waals surface area (Å²) in [5, 5.41) is 2.88. The van der Waals surface area contributed by atoms with Gasteiger partial charge in [-0.1, -0.05) is 24.3 Å². The van der Waals surface area contributed by atoms with E-state index in [9.17, 15) is 13.2 Å². The lowest BCUT2D eigenvalue weighted by Gasteiger charge is -2.24. The summed E-state index contributed by atoms with van der Waals surface area (Å²) in [5.74, 6) is 0.406. The van der Waals surface area contributed by atoms with Gasteiger partial charge in [0.25, 0.3) is 0 Å². The highest BCUT2D eigenvalue weighted by molar-refractivity contribution is 7.89. The average molecular weight is 433 g/mol. The van der Waals surface area contributed by atoms with Crippen LogP contribution in [0.4, 0.5) is 0 Å². The Kier molecular flexibility index (Phi) is 7.78. The van der Waals surface area contributed by atoms with E-state index in [-0.39, 0.29) is 23.8 Å². The molecule has 1 aliphatic heterocycles. The zero-order valence-corrected chi connectivity index (χ0v) is 18.0. The largest absolute Gasteiger partial charge is 0.481 e. The van der Waals surface area contributed by atoms with Gasteiger partial charge in [-0.2, -0.15) is 4.31 Å². The second-order valence-corrected chi connectivity index (χ2v) is 9.06. The first kappa shape index (κ1) is 22.2. The predicted molar refractivity (Wildman–Crippen MR) is 114 cm³/mol. The normalized spacial score (nSPS) is 17.7. The molecule has 2 aromatic rings. The fraction of sp³-hybridized carbons (Fsp3) is 0.429. The zero-order chi connectivity index (χ0) is 21.4. The van der Waals surface area contributed by atoms with Crippen molar-refractivity contribution in [2.75, 3.05) is 39.8 Å². The van der Waals surface area contributed by atoms with E-state index >= 15 is 0 Å². The molecule has 1 saturated heterocycles. The van der Waals surface area contributed by atoms with Crippen LogP contribution in [0.3, 0.4) is 0 Å². The van der Waals surface area contributed by atoms with Crippen molar-refractivity contribution in [3.05, 3.63) is 54.2 Å². The molecule has 0 aliphatic carbocycles. The first-order valence-electron chi connectivity index (χ1n) is 10.0. The molecule has 0 atom stereocenters. The number of carbonyl (C=O) groups excluding carboxylic acids is 1. The number of nitrogens with one attached hydrogen (secondary N) is 1. The Morgan fingerprint density at radius 3 is 2.60 bits per heavy atom. The minimum Gasteiger partial charge on any atom is -0.481 e. The Morgan fingerprint density at radius 1 is 1.03 bits per heavy atom. The van der Waals surface area contributed by atoms with E-state index in [1.807, 2.05) is 12.1 Å². The van der Waals surface area contributed by atoms with Crippen LogP contribution in [-0.2, 0) is 21.4 Å². The second-order valence-electron chi connectivity index (χ2n) is 7.12. The fourth-order valence-electron chi connectivity index (χ4n) is 3.39. The number of pyridine rings is 1. The van der Waals surface area contributed by atoms with Crippen LogP contribution in [0.25, 0.3) is 0 Å². The van der Waals surface area contributed by atoms with E-state index in [2.05, 4.69) is 15.2 Å². The third kappa shape index (κ3) is 6.01. The molecule has 0 bridgehead atoms. The van der Waals surface area contributed by atoms with Crippen molar-refractivity contribution in [2.24, 2.45) is 0 Å². The molecule has 1 aliphatic rings. The lowest BCUT2D eigenvalue weighted by atomic mass is 10.3. The molecule has 0 radical (unpaired) electrons. The standard InChI is InChI=1S/C21H28N4O4S/c1-29-21-10-5-7-18(23-21)17-24-13-6-14-25(15-11-20(26)22-12-16-24)30(27,28)19-8-3-2-4-9-19/h2-5,7-10H,6,11-17H2,1H3,(H,22,26). The fourth-order valence-corrected chi connectivity index (χ4v) is 4.89. The van der Waals surface area contributed by atoms with Crippen LogP contribution in [0, 0.1) is 0 Å². The van der Waals surface area contributed by atoms with Crippen molar-refractivity contribution in [1.29, 1.82) is 0 Å². The number of ether oxygens (including phenoxy) is 1. The van der Waals surface area contributed by atoms with Gasteiger partial charge in [0.05, 0.1) is 17.7 Å². The van der Waals surface area contributed by atoms with Crippen LogP contribution in [0.5, 0.6) is 5.88 Å². The highest BCUT2D eigenvalue weighted by Gasteiger charge is 2.25. The van der Waals surface area contributed by atoms with Crippen molar-refractivity contribution in [3.8, 4) is 5.88 Å². The van der Waals surface area contributed by atoms with Gasteiger partial charge in [-0.25, -0.2) is 13.4 Å². The molecule has 30 heavy (non-hydrogen) atoms. The number of methoxy groups -OCH3 is 1. The number of rotatable bonds is 5. The molecule has 162 valence electrons. The minimum absolute atomic E-state index is 0.142. The van der Waals surface area contributed by atoms with Gasteiger partial charge in [0, 0.05) is 45.2 Å². The number of sulfonamides is 1. The van der Waals surface area contributed by atoms with Crippen molar-refractivity contribution in [3.63, 3.8) is 0 Å². The minimum atomic E-state index is -3.64. The van der Waals surface area contributed by atoms with Gasteiger partial charge in [-0.15, -0.1) is 0 Å². The third-order valence-corrected chi connectivity index (χ3v) is 6.89. The Labute approximate surface area is 177 Å². The number of amides is 1. The Balaban J connectivity index is 1.72. The van der Waals surface area contributed by atoms with Crippen LogP contribution in [0.15, 0.2) is 53.4 Å². The molecule has 1 aromatic heterocycles. The second kappa shape index (κ2) is 10.5. The van der Waals surface area contributed by atoms with Crippen LogP contribution in [0.1, 0.15) is 18.5 Å². The topological polar surface area (TPSA) is 91.8 Å². The van der Waals surface area contributed by atoms with Crippen molar-refractivity contribution in [1.82, 2.24) is 19.5 Å². The van der Waals surface area contributed by atoms with Crippen LogP contribution in [0.2, 0.25) is 0 Å². The van der Waals surface area contributed by atoms with Crippen LogP contribution in [-0.4, -0.2) is 68.3 Å². The molecule has 1 amide bonds. The average Bonchev–Trinajstić information content (AvgIpc) is 2.80. The summed E-state index contributed by atoms with van der Waals surface area (Å²) < 4.78 is 32.7. The predicted octanol–water partition coefficient (Wildman–Crippen LogP) is 1.49. The Bertz CT molecular complexity index is 937. The number of carbonyl (C=O) groups is 1. The number of aromatic nitrogens is 1. The van der Waals surface area contributed by atoms with Crippen molar-refractivity contribution in [2.45, 2.75) is 24.3 Å². The van der Waals surface area contributed by atoms with Gasteiger partial charge < -0.3 is 10.1 Å². The summed E-state index contributed by atoms with van der Waals surface area (Å²) in [5.41, 5.74) is 0.865. The summed E-state index contributed by atoms with van der Waals surface area (Å²) in [6.07, 6.45) is 0.799. The molecule has 0 spiro atoms. The lowest BCUT2D eigenvalue weighted by molar-refractivity contribution is -0.121. The highest BCUT2D eigenvalue weighted by Crippen LogP contribution is 2.17. The summed E-state index contributed by atoms with van der Waals surface area (Å²) in [4.78, 5) is 19.1. The molecule has 0 saturated carbocycles. The van der Waals surface area contributed by atoms with E-state index in [1.165, 1.54) is 4.31 Å². The lowest BCUT2D eigenvalue weighted by Crippen LogP contribution is -2.36. The Hall–Kier alpha value is -2.49. The third-order valence-electron chi connectivity index (χ3n) is 4.98. The van der Waals surface area contributed by atoms with Gasteiger partial charge in [0.2, 0.25) is 21.8 Å². The maximum Gasteiger partial charge on any atom is 0.243 e. The maximum absolute atomic E-state index is 13.0. The van der Waals surface area contributed by atoms with E-state index in [0.717, 1.165) is 5.69 Å². The number of hydrogen-bond acceptors (Lipinski definition) is 6. The molecule has 3 rings (SSSR count). The maximum atomic E-state index is 13.0.